The van der Waals surface area contributed by atoms with Crippen molar-refractivity contribution in [1.82, 2.24) is 0 Å². The zero-order valence-electron chi connectivity index (χ0n) is 16.0. The summed E-state index contributed by atoms with van der Waals surface area (Å²) in [5.74, 6) is 1.58. The standard InChI is InChI=1S/C24H22O5/c1-16(17-7-5-10-19(13-17)28-18-8-3-2-4-9-18)27-20-11-6-12-21(14-20)29-23-15-22(23)24(25)26/h2-14,16,22-23H,15H2,1H3,(H,25,26)/t16?,22?,23-/m1/s1. The lowest BCUT2D eigenvalue weighted by atomic mass is 10.1. The van der Waals surface area contributed by atoms with Gasteiger partial charge in [0.25, 0.3) is 0 Å². The van der Waals surface area contributed by atoms with E-state index in [4.69, 9.17) is 19.3 Å². The van der Waals surface area contributed by atoms with Gasteiger partial charge >= 0.3 is 5.97 Å². The van der Waals surface area contributed by atoms with Crippen LogP contribution in [0.15, 0.2) is 78.9 Å². The molecule has 148 valence electrons. The Morgan fingerprint density at radius 3 is 2.34 bits per heavy atom. The van der Waals surface area contributed by atoms with Gasteiger partial charge in [-0.1, -0.05) is 36.4 Å². The van der Waals surface area contributed by atoms with E-state index in [1.807, 2.05) is 79.7 Å². The van der Waals surface area contributed by atoms with Crippen LogP contribution in [0.3, 0.4) is 0 Å². The molecule has 1 aliphatic carbocycles. The lowest BCUT2D eigenvalue weighted by molar-refractivity contribution is -0.139. The molecule has 3 aromatic rings. The molecule has 0 saturated heterocycles. The first kappa shape index (κ1) is 18.9. The van der Waals surface area contributed by atoms with Gasteiger partial charge in [-0.2, -0.15) is 0 Å². The Morgan fingerprint density at radius 1 is 0.897 bits per heavy atom. The van der Waals surface area contributed by atoms with E-state index in [1.165, 1.54) is 0 Å². The molecule has 0 amide bonds. The highest BCUT2D eigenvalue weighted by Crippen LogP contribution is 2.36. The largest absolute Gasteiger partial charge is 0.489 e. The minimum atomic E-state index is -0.811. The molecule has 1 N–H and O–H groups in total. The summed E-state index contributed by atoms with van der Waals surface area (Å²) < 4.78 is 17.7. The molecule has 1 fully saturated rings. The van der Waals surface area contributed by atoms with Crippen molar-refractivity contribution in [3.63, 3.8) is 0 Å². The van der Waals surface area contributed by atoms with E-state index in [2.05, 4.69) is 0 Å². The summed E-state index contributed by atoms with van der Waals surface area (Å²) in [4.78, 5) is 11.0. The van der Waals surface area contributed by atoms with E-state index in [1.54, 1.807) is 6.07 Å². The molecule has 5 heteroatoms. The zero-order valence-corrected chi connectivity index (χ0v) is 16.0. The lowest BCUT2D eigenvalue weighted by Crippen LogP contribution is -2.08. The average molecular weight is 390 g/mol. The molecular formula is C24H22O5. The Hall–Kier alpha value is -3.47. The van der Waals surface area contributed by atoms with Crippen molar-refractivity contribution >= 4 is 5.97 Å². The maximum atomic E-state index is 11.0. The van der Waals surface area contributed by atoms with Gasteiger partial charge in [-0.3, -0.25) is 4.79 Å². The molecule has 4 rings (SSSR count). The molecule has 0 spiro atoms. The summed E-state index contributed by atoms with van der Waals surface area (Å²) >= 11 is 0. The molecule has 0 heterocycles. The van der Waals surface area contributed by atoms with Crippen molar-refractivity contribution in [3.8, 4) is 23.0 Å². The Labute approximate surface area is 169 Å². The van der Waals surface area contributed by atoms with Crippen LogP contribution in [0.5, 0.6) is 23.0 Å². The molecule has 0 aromatic heterocycles. The molecule has 1 saturated carbocycles. The fourth-order valence-electron chi connectivity index (χ4n) is 3.09. The van der Waals surface area contributed by atoms with Crippen molar-refractivity contribution in [2.24, 2.45) is 5.92 Å². The zero-order chi connectivity index (χ0) is 20.2. The summed E-state index contributed by atoms with van der Waals surface area (Å²) in [6.45, 7) is 1.97. The van der Waals surface area contributed by atoms with E-state index in [9.17, 15) is 4.79 Å². The molecule has 0 aliphatic heterocycles. The monoisotopic (exact) mass is 390 g/mol. The van der Waals surface area contributed by atoms with Gasteiger partial charge in [-0.05, 0) is 48.9 Å². The third kappa shape index (κ3) is 4.88. The number of rotatable bonds is 8. The second kappa shape index (κ2) is 8.27. The van der Waals surface area contributed by atoms with Gasteiger partial charge in [0.2, 0.25) is 0 Å². The smallest absolute Gasteiger partial charge is 0.310 e. The van der Waals surface area contributed by atoms with Crippen LogP contribution < -0.4 is 14.2 Å². The average Bonchev–Trinajstić information content (AvgIpc) is 3.49. The van der Waals surface area contributed by atoms with Gasteiger partial charge in [0.05, 0.1) is 5.92 Å². The first-order valence-electron chi connectivity index (χ1n) is 9.57. The van der Waals surface area contributed by atoms with Crippen LogP contribution in [0.2, 0.25) is 0 Å². The molecule has 3 aromatic carbocycles. The van der Waals surface area contributed by atoms with E-state index >= 15 is 0 Å². The predicted octanol–water partition coefficient (Wildman–Crippen LogP) is 5.47. The number of aliphatic carboxylic acids is 1. The van der Waals surface area contributed by atoms with Crippen molar-refractivity contribution in [1.29, 1.82) is 0 Å². The highest BCUT2D eigenvalue weighted by molar-refractivity contribution is 5.74. The van der Waals surface area contributed by atoms with E-state index in [-0.39, 0.29) is 12.2 Å². The van der Waals surface area contributed by atoms with Gasteiger partial charge < -0.3 is 19.3 Å². The fourth-order valence-corrected chi connectivity index (χ4v) is 3.09. The van der Waals surface area contributed by atoms with Crippen LogP contribution >= 0.6 is 0 Å². The van der Waals surface area contributed by atoms with E-state index in [0.717, 1.165) is 17.1 Å². The molecule has 1 aliphatic rings. The van der Waals surface area contributed by atoms with Gasteiger partial charge in [0.1, 0.15) is 35.2 Å². The number of ether oxygens (including phenoxy) is 3. The summed E-state index contributed by atoms with van der Waals surface area (Å²) in [5.41, 5.74) is 0.984. The Bertz CT molecular complexity index is 985. The van der Waals surface area contributed by atoms with Crippen LogP contribution in [0, 0.1) is 5.92 Å². The third-order valence-electron chi connectivity index (χ3n) is 4.76. The van der Waals surface area contributed by atoms with Crippen LogP contribution in [-0.2, 0) is 4.79 Å². The Kier molecular flexibility index (Phi) is 5.38. The van der Waals surface area contributed by atoms with Crippen LogP contribution in [0.1, 0.15) is 25.0 Å². The number of carbonyl (C=O) groups is 1. The normalized spacial score (nSPS) is 18.5. The second-order valence-corrected chi connectivity index (χ2v) is 7.06. The number of hydrogen-bond acceptors (Lipinski definition) is 4. The van der Waals surface area contributed by atoms with E-state index < -0.39 is 11.9 Å². The predicted molar refractivity (Wildman–Crippen MR) is 109 cm³/mol. The van der Waals surface area contributed by atoms with Crippen molar-refractivity contribution in [2.75, 3.05) is 0 Å². The highest BCUT2D eigenvalue weighted by Gasteiger charge is 2.45. The minimum Gasteiger partial charge on any atom is -0.489 e. The number of para-hydroxylation sites is 1. The molecule has 2 unspecified atom stereocenters. The SMILES string of the molecule is CC(Oc1cccc(O[C@@H]2CC2C(=O)O)c1)c1cccc(Oc2ccccc2)c1. The summed E-state index contributed by atoms with van der Waals surface area (Å²) in [7, 11) is 0. The van der Waals surface area contributed by atoms with Crippen LogP contribution in [0.4, 0.5) is 0 Å². The minimum absolute atomic E-state index is 0.197. The molecule has 0 radical (unpaired) electrons. The van der Waals surface area contributed by atoms with Crippen LogP contribution in [0.25, 0.3) is 0 Å². The summed E-state index contributed by atoms with van der Waals surface area (Å²) in [6.07, 6.45) is 0.0923. The number of carboxylic acids is 1. The quantitative estimate of drug-likeness (QED) is 0.552. The van der Waals surface area contributed by atoms with Crippen molar-refractivity contribution in [2.45, 2.75) is 25.6 Å². The molecule has 5 nitrogen and oxygen atoms in total. The van der Waals surface area contributed by atoms with Crippen molar-refractivity contribution in [3.05, 3.63) is 84.4 Å². The molecule has 0 bridgehead atoms. The third-order valence-corrected chi connectivity index (χ3v) is 4.76. The molecule has 3 atom stereocenters. The number of hydrogen-bond donors (Lipinski definition) is 1. The fraction of sp³-hybridized carbons (Fsp3) is 0.208. The molecule has 29 heavy (non-hydrogen) atoms. The van der Waals surface area contributed by atoms with Crippen molar-refractivity contribution < 1.29 is 24.1 Å². The summed E-state index contributed by atoms with van der Waals surface area (Å²) in [6, 6.07) is 24.7. The number of carboxylic acid groups (broad SMARTS) is 1. The number of benzene rings is 3. The summed E-state index contributed by atoms with van der Waals surface area (Å²) in [5, 5.41) is 9.00. The van der Waals surface area contributed by atoms with Gasteiger partial charge in [-0.25, -0.2) is 0 Å². The van der Waals surface area contributed by atoms with E-state index in [0.29, 0.717) is 17.9 Å². The molecular weight excluding hydrogens is 368 g/mol. The second-order valence-electron chi connectivity index (χ2n) is 7.06. The Morgan fingerprint density at radius 2 is 1.59 bits per heavy atom. The van der Waals surface area contributed by atoms with Gasteiger partial charge in [0.15, 0.2) is 0 Å². The van der Waals surface area contributed by atoms with Gasteiger partial charge in [-0.15, -0.1) is 0 Å². The lowest BCUT2D eigenvalue weighted by Gasteiger charge is -2.17. The maximum absolute atomic E-state index is 11.0. The topological polar surface area (TPSA) is 65.0 Å². The first-order valence-corrected chi connectivity index (χ1v) is 9.57. The van der Waals surface area contributed by atoms with Gasteiger partial charge in [0, 0.05) is 12.5 Å². The maximum Gasteiger partial charge on any atom is 0.310 e. The highest BCUT2D eigenvalue weighted by atomic mass is 16.5. The van der Waals surface area contributed by atoms with Crippen LogP contribution in [-0.4, -0.2) is 17.2 Å². The Balaban J connectivity index is 1.40. The first-order chi connectivity index (χ1) is 14.1.